The Balaban J connectivity index is 1.95. The standard InChI is InChI=1S/C13H20N4S/c1-2-10-4-6-16(9-10)12-11(3-5-14)17-7-8-18-13(17)15-12/h7-8,10H,2-6,9,14H2,1H3. The highest BCUT2D eigenvalue weighted by molar-refractivity contribution is 7.15. The Morgan fingerprint density at radius 1 is 1.56 bits per heavy atom. The van der Waals surface area contributed by atoms with Crippen molar-refractivity contribution in [1.82, 2.24) is 9.38 Å². The van der Waals surface area contributed by atoms with Crippen molar-refractivity contribution < 1.29 is 0 Å². The van der Waals surface area contributed by atoms with Crippen LogP contribution in [0.5, 0.6) is 0 Å². The molecule has 18 heavy (non-hydrogen) atoms. The molecule has 1 atom stereocenters. The number of aromatic nitrogens is 2. The van der Waals surface area contributed by atoms with Crippen LogP contribution in [-0.4, -0.2) is 29.0 Å². The maximum atomic E-state index is 5.74. The average molecular weight is 264 g/mol. The molecule has 1 saturated heterocycles. The smallest absolute Gasteiger partial charge is 0.195 e. The highest BCUT2D eigenvalue weighted by Gasteiger charge is 2.26. The molecule has 0 amide bonds. The van der Waals surface area contributed by atoms with Gasteiger partial charge in [0.2, 0.25) is 0 Å². The van der Waals surface area contributed by atoms with Crippen LogP contribution in [0.3, 0.4) is 0 Å². The largest absolute Gasteiger partial charge is 0.355 e. The zero-order valence-electron chi connectivity index (χ0n) is 10.8. The van der Waals surface area contributed by atoms with Gasteiger partial charge in [0.05, 0.1) is 5.69 Å². The maximum absolute atomic E-state index is 5.74. The molecular formula is C13H20N4S. The average Bonchev–Trinajstić information content (AvgIpc) is 3.04. The van der Waals surface area contributed by atoms with E-state index in [9.17, 15) is 0 Å². The molecule has 0 radical (unpaired) electrons. The van der Waals surface area contributed by atoms with Gasteiger partial charge in [0.15, 0.2) is 10.8 Å². The molecule has 0 saturated carbocycles. The predicted molar refractivity (Wildman–Crippen MR) is 76.4 cm³/mol. The molecule has 0 aliphatic carbocycles. The fourth-order valence-corrected chi connectivity index (χ4v) is 3.53. The Hall–Kier alpha value is -1.07. The minimum absolute atomic E-state index is 0.682. The fourth-order valence-electron chi connectivity index (χ4n) is 2.80. The topological polar surface area (TPSA) is 46.6 Å². The van der Waals surface area contributed by atoms with Crippen molar-refractivity contribution in [2.45, 2.75) is 26.2 Å². The fraction of sp³-hybridized carbons (Fsp3) is 0.615. The number of imidazole rings is 1. The van der Waals surface area contributed by atoms with E-state index < -0.39 is 0 Å². The second-order valence-corrected chi connectivity index (χ2v) is 5.86. The van der Waals surface area contributed by atoms with Crippen molar-refractivity contribution in [3.05, 3.63) is 17.3 Å². The highest BCUT2D eigenvalue weighted by Crippen LogP contribution is 2.30. The van der Waals surface area contributed by atoms with Crippen molar-refractivity contribution in [3.63, 3.8) is 0 Å². The van der Waals surface area contributed by atoms with Gasteiger partial charge in [-0.2, -0.15) is 0 Å². The van der Waals surface area contributed by atoms with Crippen molar-refractivity contribution in [3.8, 4) is 0 Å². The molecule has 3 heterocycles. The van der Waals surface area contributed by atoms with Gasteiger partial charge in [-0.1, -0.05) is 13.3 Å². The van der Waals surface area contributed by atoms with E-state index >= 15 is 0 Å². The summed E-state index contributed by atoms with van der Waals surface area (Å²) in [6.45, 7) is 5.25. The van der Waals surface area contributed by atoms with Gasteiger partial charge in [0.25, 0.3) is 0 Å². The number of nitrogens with zero attached hydrogens (tertiary/aromatic N) is 3. The lowest BCUT2D eigenvalue weighted by Gasteiger charge is -2.17. The van der Waals surface area contributed by atoms with Crippen LogP contribution >= 0.6 is 11.3 Å². The third kappa shape index (κ3) is 1.91. The number of thiazole rings is 1. The van der Waals surface area contributed by atoms with Crippen LogP contribution in [0.1, 0.15) is 25.5 Å². The molecule has 2 aromatic rings. The summed E-state index contributed by atoms with van der Waals surface area (Å²) in [7, 11) is 0. The molecule has 1 fully saturated rings. The molecular weight excluding hydrogens is 244 g/mol. The molecule has 0 spiro atoms. The monoisotopic (exact) mass is 264 g/mol. The third-order valence-corrected chi connectivity index (χ3v) is 4.64. The van der Waals surface area contributed by atoms with Crippen molar-refractivity contribution in [2.75, 3.05) is 24.5 Å². The first-order valence-corrected chi connectivity index (χ1v) is 7.61. The van der Waals surface area contributed by atoms with Gasteiger partial charge in [0.1, 0.15) is 0 Å². The lowest BCUT2D eigenvalue weighted by atomic mass is 10.1. The molecule has 1 aliphatic rings. The summed E-state index contributed by atoms with van der Waals surface area (Å²) in [5, 5.41) is 2.09. The zero-order valence-corrected chi connectivity index (χ0v) is 11.6. The summed E-state index contributed by atoms with van der Waals surface area (Å²) in [6.07, 6.45) is 5.57. The van der Waals surface area contributed by atoms with E-state index in [1.165, 1.54) is 24.4 Å². The maximum Gasteiger partial charge on any atom is 0.195 e. The molecule has 5 heteroatoms. The van der Waals surface area contributed by atoms with E-state index in [0.29, 0.717) is 6.54 Å². The molecule has 1 aliphatic heterocycles. The van der Waals surface area contributed by atoms with Crippen LogP contribution in [0, 0.1) is 5.92 Å². The van der Waals surface area contributed by atoms with E-state index in [1.807, 2.05) is 0 Å². The molecule has 0 aromatic carbocycles. The number of anilines is 1. The Bertz CT molecular complexity index is 530. The van der Waals surface area contributed by atoms with Crippen LogP contribution < -0.4 is 10.6 Å². The summed E-state index contributed by atoms with van der Waals surface area (Å²) in [4.78, 5) is 8.33. The zero-order chi connectivity index (χ0) is 12.5. The predicted octanol–water partition coefficient (Wildman–Crippen LogP) is 2.13. The van der Waals surface area contributed by atoms with Gasteiger partial charge < -0.3 is 10.6 Å². The summed E-state index contributed by atoms with van der Waals surface area (Å²) >= 11 is 1.70. The normalized spacial score (nSPS) is 20.1. The molecule has 4 nitrogen and oxygen atoms in total. The van der Waals surface area contributed by atoms with Crippen molar-refractivity contribution in [1.29, 1.82) is 0 Å². The second kappa shape index (κ2) is 4.90. The Labute approximate surface area is 111 Å². The van der Waals surface area contributed by atoms with Crippen molar-refractivity contribution >= 4 is 22.1 Å². The van der Waals surface area contributed by atoms with E-state index in [1.54, 1.807) is 11.3 Å². The number of nitrogens with two attached hydrogens (primary N) is 1. The Morgan fingerprint density at radius 3 is 3.17 bits per heavy atom. The lowest BCUT2D eigenvalue weighted by Crippen LogP contribution is -2.22. The van der Waals surface area contributed by atoms with Crippen LogP contribution in [0.2, 0.25) is 0 Å². The first-order valence-electron chi connectivity index (χ1n) is 6.73. The van der Waals surface area contributed by atoms with Gasteiger partial charge in [-0.15, -0.1) is 11.3 Å². The summed E-state index contributed by atoms with van der Waals surface area (Å²) in [5.74, 6) is 2.00. The lowest BCUT2D eigenvalue weighted by molar-refractivity contribution is 0.568. The van der Waals surface area contributed by atoms with Crippen molar-refractivity contribution in [2.24, 2.45) is 11.7 Å². The van der Waals surface area contributed by atoms with E-state index in [4.69, 9.17) is 10.7 Å². The first kappa shape index (κ1) is 12.0. The number of hydrogen-bond acceptors (Lipinski definition) is 4. The molecule has 3 rings (SSSR count). The second-order valence-electron chi connectivity index (χ2n) is 4.99. The summed E-state index contributed by atoms with van der Waals surface area (Å²) in [6, 6.07) is 0. The molecule has 2 aromatic heterocycles. The van der Waals surface area contributed by atoms with E-state index in [-0.39, 0.29) is 0 Å². The van der Waals surface area contributed by atoms with E-state index in [2.05, 4.69) is 27.8 Å². The van der Waals surface area contributed by atoms with Gasteiger partial charge in [-0.25, -0.2) is 4.98 Å². The van der Waals surface area contributed by atoms with Gasteiger partial charge in [-0.3, -0.25) is 4.40 Å². The minimum Gasteiger partial charge on any atom is -0.355 e. The number of rotatable bonds is 4. The molecule has 2 N–H and O–H groups in total. The van der Waals surface area contributed by atoms with Gasteiger partial charge >= 0.3 is 0 Å². The SMILES string of the molecule is CCC1CCN(c2nc3sccn3c2CCN)C1. The van der Waals surface area contributed by atoms with Gasteiger partial charge in [-0.05, 0) is 18.9 Å². The van der Waals surface area contributed by atoms with Gasteiger partial charge in [0, 0.05) is 31.1 Å². The minimum atomic E-state index is 0.682. The number of hydrogen-bond donors (Lipinski definition) is 1. The summed E-state index contributed by atoms with van der Waals surface area (Å²) < 4.78 is 2.20. The third-order valence-electron chi connectivity index (χ3n) is 3.88. The summed E-state index contributed by atoms with van der Waals surface area (Å²) in [5.41, 5.74) is 7.03. The van der Waals surface area contributed by atoms with Crippen LogP contribution in [0.4, 0.5) is 5.82 Å². The van der Waals surface area contributed by atoms with Crippen LogP contribution in [0.15, 0.2) is 11.6 Å². The molecule has 0 bridgehead atoms. The molecule has 1 unspecified atom stereocenters. The number of fused-ring (bicyclic) bond motifs is 1. The van der Waals surface area contributed by atoms with Crippen LogP contribution in [0.25, 0.3) is 4.96 Å². The Morgan fingerprint density at radius 2 is 2.44 bits per heavy atom. The molecule has 98 valence electrons. The highest BCUT2D eigenvalue weighted by atomic mass is 32.1. The quantitative estimate of drug-likeness (QED) is 0.920. The first-order chi connectivity index (χ1) is 8.83. The van der Waals surface area contributed by atoms with E-state index in [0.717, 1.165) is 30.4 Å². The van der Waals surface area contributed by atoms with Crippen LogP contribution in [-0.2, 0) is 6.42 Å². The Kier molecular flexibility index (Phi) is 3.26.